The average Bonchev–Trinajstić information content (AvgIpc) is 2.95. The number of aromatic nitrogens is 2. The van der Waals surface area contributed by atoms with Gasteiger partial charge in [0.05, 0.1) is 12.2 Å². The highest BCUT2D eigenvalue weighted by atomic mass is 32.1. The SMILES string of the molecule is CCc1ccc(Cn2ccc(CNC(C)(C)C)n2)s1. The quantitative estimate of drug-likeness (QED) is 0.907. The minimum Gasteiger partial charge on any atom is -0.306 e. The maximum Gasteiger partial charge on any atom is 0.0762 e. The van der Waals surface area contributed by atoms with Crippen LogP contribution in [-0.2, 0) is 19.5 Å². The molecule has 0 saturated carbocycles. The van der Waals surface area contributed by atoms with Gasteiger partial charge in [0.15, 0.2) is 0 Å². The van der Waals surface area contributed by atoms with Gasteiger partial charge in [0.1, 0.15) is 0 Å². The molecule has 0 unspecified atom stereocenters. The van der Waals surface area contributed by atoms with Crippen molar-refractivity contribution in [3.63, 3.8) is 0 Å². The first kappa shape index (κ1) is 14.3. The molecule has 2 aromatic heterocycles. The van der Waals surface area contributed by atoms with Crippen LogP contribution in [0.1, 0.15) is 43.1 Å². The molecule has 104 valence electrons. The summed E-state index contributed by atoms with van der Waals surface area (Å²) in [6.07, 6.45) is 3.18. The number of nitrogens with zero attached hydrogens (tertiary/aromatic N) is 2. The Labute approximate surface area is 119 Å². The van der Waals surface area contributed by atoms with Crippen molar-refractivity contribution in [3.05, 3.63) is 39.8 Å². The lowest BCUT2D eigenvalue weighted by Gasteiger charge is -2.19. The van der Waals surface area contributed by atoms with Crippen LogP contribution < -0.4 is 5.32 Å². The van der Waals surface area contributed by atoms with Crippen LogP contribution in [0.2, 0.25) is 0 Å². The Balaban J connectivity index is 1.93. The Morgan fingerprint density at radius 2 is 1.95 bits per heavy atom. The standard InChI is InChI=1S/C15H23N3S/c1-5-13-6-7-14(19-13)11-18-9-8-12(17-18)10-16-15(2,3)4/h6-9,16H,5,10-11H2,1-4H3. The van der Waals surface area contributed by atoms with Gasteiger partial charge < -0.3 is 5.32 Å². The fourth-order valence-electron chi connectivity index (χ4n) is 1.80. The van der Waals surface area contributed by atoms with E-state index in [1.807, 2.05) is 16.0 Å². The second-order valence-corrected chi connectivity index (χ2v) is 7.08. The van der Waals surface area contributed by atoms with E-state index >= 15 is 0 Å². The monoisotopic (exact) mass is 277 g/mol. The summed E-state index contributed by atoms with van der Waals surface area (Å²) < 4.78 is 2.02. The predicted octanol–water partition coefficient (Wildman–Crippen LogP) is 3.44. The molecule has 0 aliphatic rings. The molecule has 0 radical (unpaired) electrons. The third-order valence-electron chi connectivity index (χ3n) is 2.88. The van der Waals surface area contributed by atoms with Crippen LogP contribution in [0.5, 0.6) is 0 Å². The summed E-state index contributed by atoms with van der Waals surface area (Å²) >= 11 is 1.88. The van der Waals surface area contributed by atoms with Crippen molar-refractivity contribution in [2.75, 3.05) is 0 Å². The zero-order valence-electron chi connectivity index (χ0n) is 12.2. The van der Waals surface area contributed by atoms with E-state index in [9.17, 15) is 0 Å². The Kier molecular flexibility index (Phi) is 4.42. The highest BCUT2D eigenvalue weighted by molar-refractivity contribution is 7.11. The number of hydrogen-bond donors (Lipinski definition) is 1. The summed E-state index contributed by atoms with van der Waals surface area (Å²) in [7, 11) is 0. The maximum atomic E-state index is 4.60. The lowest BCUT2D eigenvalue weighted by atomic mass is 10.1. The molecular weight excluding hydrogens is 254 g/mol. The maximum absolute atomic E-state index is 4.60. The fourth-order valence-corrected chi connectivity index (χ4v) is 2.75. The Hall–Kier alpha value is -1.13. The van der Waals surface area contributed by atoms with Gasteiger partial charge in [-0.25, -0.2) is 0 Å². The molecule has 4 heteroatoms. The summed E-state index contributed by atoms with van der Waals surface area (Å²) in [5.74, 6) is 0. The highest BCUT2D eigenvalue weighted by Gasteiger charge is 2.09. The number of thiophene rings is 1. The van der Waals surface area contributed by atoms with Crippen molar-refractivity contribution >= 4 is 11.3 Å². The van der Waals surface area contributed by atoms with Gasteiger partial charge in [0, 0.05) is 28.0 Å². The summed E-state index contributed by atoms with van der Waals surface area (Å²) in [5, 5.41) is 8.06. The van der Waals surface area contributed by atoms with Crippen LogP contribution in [-0.4, -0.2) is 15.3 Å². The van der Waals surface area contributed by atoms with E-state index in [1.54, 1.807) is 0 Å². The Morgan fingerprint density at radius 1 is 1.21 bits per heavy atom. The largest absolute Gasteiger partial charge is 0.306 e. The lowest BCUT2D eigenvalue weighted by molar-refractivity contribution is 0.419. The minimum absolute atomic E-state index is 0.132. The molecule has 0 amide bonds. The molecule has 2 heterocycles. The van der Waals surface area contributed by atoms with Crippen LogP contribution in [0.3, 0.4) is 0 Å². The van der Waals surface area contributed by atoms with Gasteiger partial charge in [0.2, 0.25) is 0 Å². The number of hydrogen-bond acceptors (Lipinski definition) is 3. The molecule has 0 atom stereocenters. The molecule has 0 aliphatic heterocycles. The van der Waals surface area contributed by atoms with Gasteiger partial charge in [-0.2, -0.15) is 5.10 Å². The van der Waals surface area contributed by atoms with Gasteiger partial charge in [-0.15, -0.1) is 11.3 Å². The molecule has 19 heavy (non-hydrogen) atoms. The summed E-state index contributed by atoms with van der Waals surface area (Å²) in [6.45, 7) is 10.4. The van der Waals surface area contributed by atoms with Crippen molar-refractivity contribution in [2.45, 2.75) is 52.7 Å². The van der Waals surface area contributed by atoms with E-state index < -0.39 is 0 Å². The lowest BCUT2D eigenvalue weighted by Crippen LogP contribution is -2.35. The van der Waals surface area contributed by atoms with Gasteiger partial charge >= 0.3 is 0 Å². The second kappa shape index (κ2) is 5.88. The first-order valence-electron chi connectivity index (χ1n) is 6.81. The Morgan fingerprint density at radius 3 is 2.58 bits per heavy atom. The molecule has 0 bridgehead atoms. The van der Waals surface area contributed by atoms with E-state index in [1.165, 1.54) is 9.75 Å². The molecule has 2 rings (SSSR count). The van der Waals surface area contributed by atoms with E-state index in [0.717, 1.165) is 25.2 Å². The highest BCUT2D eigenvalue weighted by Crippen LogP contribution is 2.17. The third kappa shape index (κ3) is 4.48. The molecule has 2 aromatic rings. The average molecular weight is 277 g/mol. The fraction of sp³-hybridized carbons (Fsp3) is 0.533. The Bertz CT molecular complexity index is 519. The zero-order valence-corrected chi connectivity index (χ0v) is 13.0. The minimum atomic E-state index is 0.132. The van der Waals surface area contributed by atoms with Crippen LogP contribution in [0.25, 0.3) is 0 Å². The van der Waals surface area contributed by atoms with Crippen LogP contribution in [0, 0.1) is 0 Å². The van der Waals surface area contributed by atoms with Crippen molar-refractivity contribution in [3.8, 4) is 0 Å². The van der Waals surface area contributed by atoms with Crippen molar-refractivity contribution in [1.29, 1.82) is 0 Å². The first-order valence-corrected chi connectivity index (χ1v) is 7.63. The number of aryl methyl sites for hydroxylation is 1. The van der Waals surface area contributed by atoms with Crippen molar-refractivity contribution in [1.82, 2.24) is 15.1 Å². The number of rotatable bonds is 5. The molecule has 3 nitrogen and oxygen atoms in total. The summed E-state index contributed by atoms with van der Waals surface area (Å²) in [6, 6.07) is 6.51. The van der Waals surface area contributed by atoms with E-state index in [-0.39, 0.29) is 5.54 Å². The normalized spacial score (nSPS) is 12.0. The summed E-state index contributed by atoms with van der Waals surface area (Å²) in [5.41, 5.74) is 1.23. The number of nitrogens with one attached hydrogen (secondary N) is 1. The van der Waals surface area contributed by atoms with Crippen molar-refractivity contribution in [2.24, 2.45) is 0 Å². The van der Waals surface area contributed by atoms with Gasteiger partial charge in [0.25, 0.3) is 0 Å². The topological polar surface area (TPSA) is 29.9 Å². The predicted molar refractivity (Wildman–Crippen MR) is 81.6 cm³/mol. The molecular formula is C15H23N3S. The molecule has 0 aliphatic carbocycles. The van der Waals surface area contributed by atoms with E-state index in [0.29, 0.717) is 0 Å². The van der Waals surface area contributed by atoms with Crippen LogP contribution >= 0.6 is 11.3 Å². The van der Waals surface area contributed by atoms with E-state index in [4.69, 9.17) is 0 Å². The first-order chi connectivity index (χ1) is 8.96. The third-order valence-corrected chi connectivity index (χ3v) is 4.09. The van der Waals surface area contributed by atoms with E-state index in [2.05, 4.69) is 62.5 Å². The van der Waals surface area contributed by atoms with Gasteiger partial charge in [-0.05, 0) is 45.4 Å². The summed E-state index contributed by atoms with van der Waals surface area (Å²) in [4.78, 5) is 2.81. The molecule has 1 N–H and O–H groups in total. The van der Waals surface area contributed by atoms with Crippen LogP contribution in [0.4, 0.5) is 0 Å². The van der Waals surface area contributed by atoms with Gasteiger partial charge in [-0.1, -0.05) is 6.92 Å². The smallest absolute Gasteiger partial charge is 0.0762 e. The van der Waals surface area contributed by atoms with Gasteiger partial charge in [-0.3, -0.25) is 4.68 Å². The van der Waals surface area contributed by atoms with Crippen LogP contribution in [0.15, 0.2) is 24.4 Å². The molecule has 0 aromatic carbocycles. The van der Waals surface area contributed by atoms with Crippen molar-refractivity contribution < 1.29 is 0 Å². The molecule has 0 fully saturated rings. The zero-order chi connectivity index (χ0) is 13.9. The second-order valence-electron chi connectivity index (χ2n) is 5.83. The molecule has 0 saturated heterocycles. The molecule has 0 spiro atoms.